The number of thiophene rings is 1. The number of nitrogens with zero attached hydrogens (tertiary/aromatic N) is 2. The van der Waals surface area contributed by atoms with Crippen LogP contribution < -0.4 is 5.32 Å². The molecule has 2 aromatic heterocycles. The molecule has 0 saturated carbocycles. The maximum atomic E-state index is 12.7. The number of benzene rings is 1. The maximum Gasteiger partial charge on any atom is 0.223 e. The van der Waals surface area contributed by atoms with Crippen LogP contribution in [0, 0.1) is 5.92 Å². The van der Waals surface area contributed by atoms with E-state index in [2.05, 4.69) is 27.0 Å². The normalized spacial score (nSPS) is 18.5. The first-order valence-corrected chi connectivity index (χ1v) is 10.1. The quantitative estimate of drug-likeness (QED) is 0.713. The zero-order valence-electron chi connectivity index (χ0n) is 15.3. The van der Waals surface area contributed by atoms with Crippen molar-refractivity contribution >= 4 is 17.2 Å². The molecule has 3 heterocycles. The van der Waals surface area contributed by atoms with E-state index in [0.29, 0.717) is 6.42 Å². The Kier molecular flexibility index (Phi) is 4.85. The van der Waals surface area contributed by atoms with Crippen LogP contribution in [0.5, 0.6) is 0 Å². The van der Waals surface area contributed by atoms with Gasteiger partial charge in [-0.1, -0.05) is 30.3 Å². The van der Waals surface area contributed by atoms with Crippen LogP contribution in [0.25, 0.3) is 11.4 Å². The minimum Gasteiger partial charge on any atom is -0.384 e. The summed E-state index contributed by atoms with van der Waals surface area (Å²) in [6.45, 7) is 2.73. The van der Waals surface area contributed by atoms with Crippen molar-refractivity contribution in [2.75, 3.05) is 6.54 Å². The first-order valence-electron chi connectivity index (χ1n) is 9.17. The Morgan fingerprint density at radius 3 is 2.93 bits per heavy atom. The Labute approximate surface area is 162 Å². The third-order valence-corrected chi connectivity index (χ3v) is 5.93. The highest BCUT2D eigenvalue weighted by Gasteiger charge is 2.29. The third kappa shape index (κ3) is 3.68. The molecule has 0 aliphatic carbocycles. The van der Waals surface area contributed by atoms with Crippen molar-refractivity contribution in [3.63, 3.8) is 0 Å². The minimum atomic E-state index is -1.05. The van der Waals surface area contributed by atoms with Crippen LogP contribution in [0.1, 0.15) is 24.6 Å². The van der Waals surface area contributed by atoms with E-state index < -0.39 is 5.60 Å². The highest BCUT2D eigenvalue weighted by atomic mass is 32.1. The van der Waals surface area contributed by atoms with Crippen LogP contribution in [-0.2, 0) is 23.4 Å². The van der Waals surface area contributed by atoms with E-state index in [-0.39, 0.29) is 18.4 Å². The summed E-state index contributed by atoms with van der Waals surface area (Å²) in [6.07, 6.45) is 3.32. The van der Waals surface area contributed by atoms with E-state index >= 15 is 0 Å². The zero-order chi connectivity index (χ0) is 18.9. The molecule has 6 heteroatoms. The molecule has 5 nitrogen and oxygen atoms in total. The molecule has 1 aliphatic rings. The smallest absolute Gasteiger partial charge is 0.223 e. The molecule has 0 saturated heterocycles. The number of rotatable bonds is 5. The lowest BCUT2D eigenvalue weighted by Gasteiger charge is -2.27. The lowest BCUT2D eigenvalue weighted by molar-refractivity contribution is -0.126. The second-order valence-electron chi connectivity index (χ2n) is 7.28. The van der Waals surface area contributed by atoms with Gasteiger partial charge >= 0.3 is 0 Å². The summed E-state index contributed by atoms with van der Waals surface area (Å²) < 4.78 is 2.21. The van der Waals surface area contributed by atoms with Gasteiger partial charge in [-0.15, -0.1) is 0 Å². The summed E-state index contributed by atoms with van der Waals surface area (Å²) in [4.78, 5) is 17.2. The molecule has 1 aromatic carbocycles. The Bertz CT molecular complexity index is 916. The number of hydrogen-bond acceptors (Lipinski definition) is 4. The van der Waals surface area contributed by atoms with Gasteiger partial charge in [0.05, 0.1) is 6.54 Å². The maximum absolute atomic E-state index is 12.7. The molecule has 3 aromatic rings. The predicted molar refractivity (Wildman–Crippen MR) is 106 cm³/mol. The first kappa shape index (κ1) is 17.9. The van der Waals surface area contributed by atoms with Gasteiger partial charge in [-0.2, -0.15) is 11.3 Å². The van der Waals surface area contributed by atoms with Crippen molar-refractivity contribution in [3.05, 3.63) is 64.6 Å². The number of fused-ring (bicyclic) bond motifs is 1. The molecule has 0 unspecified atom stereocenters. The van der Waals surface area contributed by atoms with Gasteiger partial charge in [0.1, 0.15) is 11.4 Å². The number of aromatic nitrogens is 2. The summed E-state index contributed by atoms with van der Waals surface area (Å²) in [6, 6.07) is 12.0. The number of carbonyl (C=O) groups excluding carboxylic acids is 1. The standard InChI is InChI=1S/C21H23N3O2S/c1-21(26,17-8-10-27-13-17)14-23-20(25)16-7-9-24-18(11-16)12-22-19(24)15-5-3-2-4-6-15/h2-6,8,10,12-13,16,26H,7,9,11,14H2,1H3,(H,23,25)/t16-,21+/m1/s1. The number of nitrogens with one attached hydrogen (secondary N) is 1. The van der Waals surface area contributed by atoms with E-state index in [9.17, 15) is 9.90 Å². The number of amides is 1. The second kappa shape index (κ2) is 7.29. The summed E-state index contributed by atoms with van der Waals surface area (Å²) >= 11 is 1.54. The highest BCUT2D eigenvalue weighted by molar-refractivity contribution is 7.08. The van der Waals surface area contributed by atoms with Gasteiger partial charge in [-0.05, 0) is 35.7 Å². The summed E-state index contributed by atoms with van der Waals surface area (Å²) in [5.74, 6) is 0.875. The van der Waals surface area contributed by atoms with Gasteiger partial charge in [-0.25, -0.2) is 4.98 Å². The lowest BCUT2D eigenvalue weighted by Crippen LogP contribution is -2.42. The van der Waals surface area contributed by atoms with E-state index in [1.54, 1.807) is 6.92 Å². The molecule has 140 valence electrons. The molecule has 4 rings (SSSR count). The SMILES string of the molecule is C[C@](O)(CNC(=O)[C@@H]1CCn2c(cnc2-c2ccccc2)C1)c1ccsc1. The van der Waals surface area contributed by atoms with E-state index in [4.69, 9.17) is 0 Å². The lowest BCUT2D eigenvalue weighted by atomic mass is 9.94. The fraction of sp³-hybridized carbons (Fsp3) is 0.333. The Morgan fingerprint density at radius 1 is 1.37 bits per heavy atom. The minimum absolute atomic E-state index is 0.000726. The number of carbonyl (C=O) groups is 1. The topological polar surface area (TPSA) is 67.2 Å². The summed E-state index contributed by atoms with van der Waals surface area (Å²) in [5.41, 5.74) is 1.97. The van der Waals surface area contributed by atoms with Crippen LogP contribution in [-0.4, -0.2) is 27.1 Å². The molecule has 0 spiro atoms. The molecule has 1 amide bonds. The highest BCUT2D eigenvalue weighted by Crippen LogP contribution is 2.28. The van der Waals surface area contributed by atoms with E-state index in [1.165, 1.54) is 11.3 Å². The third-order valence-electron chi connectivity index (χ3n) is 5.25. The molecular weight excluding hydrogens is 358 g/mol. The fourth-order valence-electron chi connectivity index (χ4n) is 3.58. The summed E-state index contributed by atoms with van der Waals surface area (Å²) in [7, 11) is 0. The average molecular weight is 382 g/mol. The molecule has 27 heavy (non-hydrogen) atoms. The largest absolute Gasteiger partial charge is 0.384 e. The fourth-order valence-corrected chi connectivity index (χ4v) is 4.36. The van der Waals surface area contributed by atoms with Crippen molar-refractivity contribution in [1.29, 1.82) is 0 Å². The van der Waals surface area contributed by atoms with Crippen LogP contribution in [0.4, 0.5) is 0 Å². The average Bonchev–Trinajstić information content (AvgIpc) is 3.36. The molecule has 1 aliphatic heterocycles. The van der Waals surface area contributed by atoms with E-state index in [1.807, 2.05) is 41.2 Å². The van der Waals surface area contributed by atoms with Crippen molar-refractivity contribution in [2.45, 2.75) is 31.9 Å². The molecule has 2 atom stereocenters. The predicted octanol–water partition coefficient (Wildman–Crippen LogP) is 3.20. The Balaban J connectivity index is 1.41. The number of hydrogen-bond donors (Lipinski definition) is 2. The van der Waals surface area contributed by atoms with Crippen molar-refractivity contribution in [3.8, 4) is 11.4 Å². The van der Waals surface area contributed by atoms with E-state index in [0.717, 1.165) is 35.6 Å². The molecule has 0 bridgehead atoms. The Hall–Kier alpha value is -2.44. The Morgan fingerprint density at radius 2 is 2.19 bits per heavy atom. The number of imidazole rings is 1. The molecule has 2 N–H and O–H groups in total. The van der Waals surface area contributed by atoms with Gasteiger partial charge in [-0.3, -0.25) is 4.79 Å². The monoisotopic (exact) mass is 381 g/mol. The van der Waals surface area contributed by atoms with Gasteiger partial charge in [0.25, 0.3) is 0 Å². The molecule has 0 fully saturated rings. The van der Waals surface area contributed by atoms with Gasteiger partial charge in [0.2, 0.25) is 5.91 Å². The van der Waals surface area contributed by atoms with Crippen LogP contribution in [0.2, 0.25) is 0 Å². The zero-order valence-corrected chi connectivity index (χ0v) is 16.1. The number of aliphatic hydroxyl groups is 1. The van der Waals surface area contributed by atoms with Crippen LogP contribution in [0.15, 0.2) is 53.4 Å². The summed E-state index contributed by atoms with van der Waals surface area (Å²) in [5, 5.41) is 17.4. The van der Waals surface area contributed by atoms with Crippen molar-refractivity contribution in [1.82, 2.24) is 14.9 Å². The van der Waals surface area contributed by atoms with Crippen molar-refractivity contribution < 1.29 is 9.90 Å². The van der Waals surface area contributed by atoms with Gasteiger partial charge in [0, 0.05) is 36.3 Å². The van der Waals surface area contributed by atoms with Crippen LogP contribution >= 0.6 is 11.3 Å². The molecule has 0 radical (unpaired) electrons. The van der Waals surface area contributed by atoms with Crippen LogP contribution in [0.3, 0.4) is 0 Å². The van der Waals surface area contributed by atoms with Crippen molar-refractivity contribution in [2.24, 2.45) is 5.92 Å². The van der Waals surface area contributed by atoms with Gasteiger partial charge < -0.3 is 15.0 Å². The van der Waals surface area contributed by atoms with Gasteiger partial charge in [0.15, 0.2) is 0 Å². The second-order valence-corrected chi connectivity index (χ2v) is 8.06. The first-order chi connectivity index (χ1) is 13.0. The molecular formula is C21H23N3O2S.